The van der Waals surface area contributed by atoms with Crippen LogP contribution in [0.2, 0.25) is 0 Å². The summed E-state index contributed by atoms with van der Waals surface area (Å²) in [5.74, 6) is 1.68. The predicted molar refractivity (Wildman–Crippen MR) is 74.4 cm³/mol. The minimum absolute atomic E-state index is 0.365. The molecule has 18 heavy (non-hydrogen) atoms. The van der Waals surface area contributed by atoms with E-state index in [2.05, 4.69) is 23.6 Å². The van der Waals surface area contributed by atoms with E-state index in [1.54, 1.807) is 0 Å². The van der Waals surface area contributed by atoms with Crippen molar-refractivity contribution in [2.24, 2.45) is 11.8 Å². The van der Waals surface area contributed by atoms with Crippen LogP contribution in [0.15, 0.2) is 0 Å². The predicted octanol–water partition coefficient (Wildman–Crippen LogP) is 2.37. The topological polar surface area (TPSA) is 23.6 Å². The Bertz CT molecular complexity index is 264. The highest BCUT2D eigenvalue weighted by Gasteiger charge is 2.25. The molecule has 0 N–H and O–H groups in total. The van der Waals surface area contributed by atoms with Gasteiger partial charge in [-0.05, 0) is 50.6 Å². The van der Waals surface area contributed by atoms with E-state index in [0.717, 1.165) is 25.4 Å². The van der Waals surface area contributed by atoms with Gasteiger partial charge in [0.1, 0.15) is 0 Å². The molecule has 0 bridgehead atoms. The smallest absolute Gasteiger partial charge is 0.222 e. The third-order valence-electron chi connectivity index (χ3n) is 4.27. The molecule has 2 heterocycles. The van der Waals surface area contributed by atoms with Crippen LogP contribution in [0, 0.1) is 11.8 Å². The van der Waals surface area contributed by atoms with Crippen molar-refractivity contribution >= 4 is 5.91 Å². The lowest BCUT2D eigenvalue weighted by molar-refractivity contribution is -0.133. The van der Waals surface area contributed by atoms with Gasteiger partial charge < -0.3 is 9.80 Å². The molecule has 2 rings (SSSR count). The number of amides is 1. The lowest BCUT2D eigenvalue weighted by Crippen LogP contribution is -2.41. The van der Waals surface area contributed by atoms with Crippen LogP contribution in [-0.2, 0) is 4.79 Å². The molecule has 3 nitrogen and oxygen atoms in total. The average Bonchev–Trinajstić information content (AvgIpc) is 2.82. The second-order valence-corrected chi connectivity index (χ2v) is 6.43. The maximum absolute atomic E-state index is 12.0. The van der Waals surface area contributed by atoms with Gasteiger partial charge in [-0.2, -0.15) is 0 Å². The Morgan fingerprint density at radius 1 is 1.11 bits per heavy atom. The van der Waals surface area contributed by atoms with Crippen LogP contribution in [0.1, 0.15) is 46.0 Å². The van der Waals surface area contributed by atoms with Crippen molar-refractivity contribution in [3.8, 4) is 0 Å². The zero-order valence-corrected chi connectivity index (χ0v) is 12.0. The Hall–Kier alpha value is -0.570. The molecule has 1 amide bonds. The summed E-state index contributed by atoms with van der Waals surface area (Å²) in [7, 11) is 0. The Labute approximate surface area is 112 Å². The van der Waals surface area contributed by atoms with Crippen LogP contribution in [0.3, 0.4) is 0 Å². The maximum Gasteiger partial charge on any atom is 0.222 e. The number of nitrogens with zero attached hydrogens (tertiary/aromatic N) is 2. The summed E-state index contributed by atoms with van der Waals surface area (Å²) in [6.45, 7) is 10.1. The Kier molecular flexibility index (Phi) is 5.04. The third-order valence-corrected chi connectivity index (χ3v) is 4.27. The van der Waals surface area contributed by atoms with Gasteiger partial charge in [0.2, 0.25) is 5.91 Å². The lowest BCUT2D eigenvalue weighted by Gasteiger charge is -2.34. The summed E-state index contributed by atoms with van der Waals surface area (Å²) >= 11 is 0. The van der Waals surface area contributed by atoms with Crippen LogP contribution in [-0.4, -0.2) is 48.4 Å². The molecule has 0 unspecified atom stereocenters. The fraction of sp³-hybridized carbons (Fsp3) is 0.933. The van der Waals surface area contributed by atoms with E-state index in [-0.39, 0.29) is 0 Å². The molecule has 0 aliphatic carbocycles. The van der Waals surface area contributed by atoms with Gasteiger partial charge >= 0.3 is 0 Å². The molecule has 2 saturated heterocycles. The summed E-state index contributed by atoms with van der Waals surface area (Å²) in [6.07, 6.45) is 5.90. The maximum atomic E-state index is 12.0. The highest BCUT2D eigenvalue weighted by molar-refractivity contribution is 5.76. The van der Waals surface area contributed by atoms with Crippen LogP contribution in [0.25, 0.3) is 0 Å². The molecule has 0 radical (unpaired) electrons. The van der Waals surface area contributed by atoms with E-state index in [0.29, 0.717) is 11.8 Å². The van der Waals surface area contributed by atoms with Gasteiger partial charge in [0, 0.05) is 26.1 Å². The fourth-order valence-electron chi connectivity index (χ4n) is 3.17. The molecule has 104 valence electrons. The number of hydrogen-bond donors (Lipinski definition) is 0. The quantitative estimate of drug-likeness (QED) is 0.767. The van der Waals surface area contributed by atoms with Crippen molar-refractivity contribution in [1.29, 1.82) is 0 Å². The first-order valence-electron chi connectivity index (χ1n) is 7.65. The summed E-state index contributed by atoms with van der Waals surface area (Å²) in [4.78, 5) is 16.7. The SMILES string of the molecule is CC(C)CC(=O)N1CCC(CN2CCCC2)CC1. The number of rotatable bonds is 4. The summed E-state index contributed by atoms with van der Waals surface area (Å²) in [5.41, 5.74) is 0. The number of carbonyl (C=O) groups excluding carboxylic acids is 1. The molecule has 2 fully saturated rings. The van der Waals surface area contributed by atoms with Crippen molar-refractivity contribution in [2.75, 3.05) is 32.7 Å². The molecule has 0 aromatic rings. The first-order chi connectivity index (χ1) is 8.65. The fourth-order valence-corrected chi connectivity index (χ4v) is 3.17. The third kappa shape index (κ3) is 3.98. The van der Waals surface area contributed by atoms with Crippen molar-refractivity contribution in [1.82, 2.24) is 9.80 Å². The molecule has 0 aromatic carbocycles. The largest absolute Gasteiger partial charge is 0.343 e. The zero-order chi connectivity index (χ0) is 13.0. The first kappa shape index (κ1) is 13.9. The van der Waals surface area contributed by atoms with Crippen LogP contribution < -0.4 is 0 Å². The monoisotopic (exact) mass is 252 g/mol. The summed E-state index contributed by atoms with van der Waals surface area (Å²) < 4.78 is 0. The van der Waals surface area contributed by atoms with E-state index in [1.165, 1.54) is 45.3 Å². The van der Waals surface area contributed by atoms with Crippen molar-refractivity contribution in [2.45, 2.75) is 46.0 Å². The Balaban J connectivity index is 1.68. The zero-order valence-electron chi connectivity index (χ0n) is 12.0. The Morgan fingerprint density at radius 2 is 1.72 bits per heavy atom. The van der Waals surface area contributed by atoms with Crippen LogP contribution >= 0.6 is 0 Å². The molecular weight excluding hydrogens is 224 g/mol. The van der Waals surface area contributed by atoms with E-state index in [1.807, 2.05) is 0 Å². The van der Waals surface area contributed by atoms with E-state index in [4.69, 9.17) is 0 Å². The number of likely N-dealkylation sites (tertiary alicyclic amines) is 2. The van der Waals surface area contributed by atoms with Gasteiger partial charge in [-0.1, -0.05) is 13.8 Å². The normalized spacial score (nSPS) is 22.9. The van der Waals surface area contributed by atoms with Crippen molar-refractivity contribution in [3.05, 3.63) is 0 Å². The minimum Gasteiger partial charge on any atom is -0.343 e. The lowest BCUT2D eigenvalue weighted by atomic mass is 9.95. The van der Waals surface area contributed by atoms with E-state index < -0.39 is 0 Å². The summed E-state index contributed by atoms with van der Waals surface area (Å²) in [5, 5.41) is 0. The van der Waals surface area contributed by atoms with Gasteiger partial charge in [-0.25, -0.2) is 0 Å². The molecular formula is C15H28N2O. The molecule has 3 heteroatoms. The number of carbonyl (C=O) groups is 1. The van der Waals surface area contributed by atoms with Gasteiger partial charge in [-0.15, -0.1) is 0 Å². The highest BCUT2D eigenvalue weighted by Crippen LogP contribution is 2.21. The molecule has 2 aliphatic rings. The second kappa shape index (κ2) is 6.55. The Morgan fingerprint density at radius 3 is 2.28 bits per heavy atom. The standard InChI is InChI=1S/C15H28N2O/c1-13(2)11-15(18)17-9-5-14(6-10-17)12-16-7-3-4-8-16/h13-14H,3-12H2,1-2H3. The molecule has 0 aromatic heterocycles. The number of hydrogen-bond acceptors (Lipinski definition) is 2. The average molecular weight is 252 g/mol. The van der Waals surface area contributed by atoms with Crippen molar-refractivity contribution < 1.29 is 4.79 Å². The summed E-state index contributed by atoms with van der Waals surface area (Å²) in [6, 6.07) is 0. The molecule has 2 aliphatic heterocycles. The van der Waals surface area contributed by atoms with Gasteiger partial charge in [0.15, 0.2) is 0 Å². The van der Waals surface area contributed by atoms with Crippen LogP contribution in [0.5, 0.6) is 0 Å². The van der Waals surface area contributed by atoms with E-state index in [9.17, 15) is 4.79 Å². The minimum atomic E-state index is 0.365. The van der Waals surface area contributed by atoms with Gasteiger partial charge in [0.05, 0.1) is 0 Å². The van der Waals surface area contributed by atoms with Crippen molar-refractivity contribution in [3.63, 3.8) is 0 Å². The molecule has 0 spiro atoms. The second-order valence-electron chi connectivity index (χ2n) is 6.43. The van der Waals surface area contributed by atoms with Gasteiger partial charge in [-0.3, -0.25) is 4.79 Å². The van der Waals surface area contributed by atoms with Crippen LogP contribution in [0.4, 0.5) is 0 Å². The number of piperidine rings is 1. The van der Waals surface area contributed by atoms with E-state index >= 15 is 0 Å². The first-order valence-corrected chi connectivity index (χ1v) is 7.65. The highest BCUT2D eigenvalue weighted by atomic mass is 16.2. The molecule has 0 saturated carbocycles. The van der Waals surface area contributed by atoms with Gasteiger partial charge in [0.25, 0.3) is 0 Å². The molecule has 0 atom stereocenters.